The van der Waals surface area contributed by atoms with Gasteiger partial charge in [0.1, 0.15) is 0 Å². The smallest absolute Gasteiger partial charge is 0.317 e. The molecule has 0 aliphatic rings. The Kier molecular flexibility index (Phi) is 5.40. The van der Waals surface area contributed by atoms with E-state index in [1.54, 1.807) is 7.05 Å². The normalized spacial score (nSPS) is 10.1. The van der Waals surface area contributed by atoms with E-state index < -0.39 is 6.04 Å². The first-order valence-corrected chi connectivity index (χ1v) is 3.89. The highest BCUT2D eigenvalue weighted by molar-refractivity contribution is 5.74. The Hall–Kier alpha value is -0.810. The summed E-state index contributed by atoms with van der Waals surface area (Å²) >= 11 is 0. The molecule has 0 fully saturated rings. The summed E-state index contributed by atoms with van der Waals surface area (Å²) in [6.07, 6.45) is 0. The number of carbonyl (C=O) groups excluding carboxylic acids is 1. The molecule has 0 rings (SSSR count). The average Bonchev–Trinajstić information content (AvgIpc) is 2.12. The minimum Gasteiger partial charge on any atom is -0.394 e. The second kappa shape index (κ2) is 5.79. The van der Waals surface area contributed by atoms with E-state index in [4.69, 9.17) is 10.2 Å². The van der Waals surface area contributed by atoms with Gasteiger partial charge in [0.25, 0.3) is 0 Å². The first-order chi connectivity index (χ1) is 5.65. The lowest BCUT2D eigenvalue weighted by atomic mass is 10.3. The summed E-state index contributed by atoms with van der Waals surface area (Å²) in [4.78, 5) is 12.6. The summed E-state index contributed by atoms with van der Waals surface area (Å²) in [5.74, 6) is 0. The maximum Gasteiger partial charge on any atom is 0.317 e. The number of rotatable bonds is 4. The molecule has 0 radical (unpaired) electrons. The maximum atomic E-state index is 11.1. The number of hydrogen-bond donors (Lipinski definition) is 3. The van der Waals surface area contributed by atoms with Crippen LogP contribution in [0, 0.1) is 0 Å². The first kappa shape index (κ1) is 11.2. The molecule has 5 nitrogen and oxygen atoms in total. The van der Waals surface area contributed by atoms with E-state index in [-0.39, 0.29) is 19.2 Å². The minimum absolute atomic E-state index is 0.250. The molecule has 3 N–H and O–H groups in total. The van der Waals surface area contributed by atoms with Gasteiger partial charge in [0.2, 0.25) is 0 Å². The molecule has 0 heterocycles. The molecule has 0 unspecified atom stereocenters. The van der Waals surface area contributed by atoms with E-state index in [2.05, 4.69) is 5.32 Å². The standard InChI is InChI=1S/C7H16N2O3/c1-3-9(2)7(12)8-6(4-10)5-11/h6,10-11H,3-5H2,1-2H3,(H,8,12). The average molecular weight is 176 g/mol. The fourth-order valence-corrected chi connectivity index (χ4v) is 0.577. The topological polar surface area (TPSA) is 72.8 Å². The summed E-state index contributed by atoms with van der Waals surface area (Å²) in [6.45, 7) is 1.93. The van der Waals surface area contributed by atoms with Crippen molar-refractivity contribution in [3.05, 3.63) is 0 Å². The minimum atomic E-state index is -0.563. The van der Waals surface area contributed by atoms with E-state index in [0.29, 0.717) is 6.54 Å². The van der Waals surface area contributed by atoms with E-state index in [1.807, 2.05) is 6.92 Å². The highest BCUT2D eigenvalue weighted by atomic mass is 16.3. The van der Waals surface area contributed by atoms with Gasteiger partial charge in [0.15, 0.2) is 0 Å². The lowest BCUT2D eigenvalue weighted by molar-refractivity contribution is 0.158. The van der Waals surface area contributed by atoms with Gasteiger partial charge in [-0.1, -0.05) is 0 Å². The summed E-state index contributed by atoms with van der Waals surface area (Å²) < 4.78 is 0. The number of carbonyl (C=O) groups is 1. The predicted molar refractivity (Wildman–Crippen MR) is 44.8 cm³/mol. The largest absolute Gasteiger partial charge is 0.394 e. The second-order valence-electron chi connectivity index (χ2n) is 2.53. The van der Waals surface area contributed by atoms with Crippen LogP contribution in [0.5, 0.6) is 0 Å². The van der Waals surface area contributed by atoms with Crippen molar-refractivity contribution in [3.63, 3.8) is 0 Å². The van der Waals surface area contributed by atoms with Crippen molar-refractivity contribution in [1.29, 1.82) is 0 Å². The SMILES string of the molecule is CCN(C)C(=O)NC(CO)CO. The van der Waals surface area contributed by atoms with Crippen LogP contribution in [0.4, 0.5) is 4.79 Å². The van der Waals surface area contributed by atoms with Gasteiger partial charge in [-0.3, -0.25) is 0 Å². The number of urea groups is 1. The van der Waals surface area contributed by atoms with Crippen LogP contribution < -0.4 is 5.32 Å². The quantitative estimate of drug-likeness (QED) is 0.514. The van der Waals surface area contributed by atoms with Crippen molar-refractivity contribution in [2.45, 2.75) is 13.0 Å². The third kappa shape index (κ3) is 3.54. The molecule has 0 atom stereocenters. The van der Waals surface area contributed by atoms with Crippen LogP contribution in [-0.4, -0.2) is 54.0 Å². The number of nitrogens with zero attached hydrogens (tertiary/aromatic N) is 1. The number of nitrogens with one attached hydrogen (secondary N) is 1. The van der Waals surface area contributed by atoms with E-state index in [1.165, 1.54) is 4.90 Å². The molecule has 0 aliphatic carbocycles. The Morgan fingerprint density at radius 2 is 2.00 bits per heavy atom. The molecule has 0 aromatic heterocycles. The van der Waals surface area contributed by atoms with Crippen LogP contribution in [0.2, 0.25) is 0 Å². The predicted octanol–water partition coefficient (Wildman–Crippen LogP) is -0.999. The van der Waals surface area contributed by atoms with Gasteiger partial charge < -0.3 is 20.4 Å². The van der Waals surface area contributed by atoms with E-state index in [0.717, 1.165) is 0 Å². The zero-order valence-electron chi connectivity index (χ0n) is 7.45. The lowest BCUT2D eigenvalue weighted by Crippen LogP contribution is -2.46. The Balaban J connectivity index is 3.81. The molecule has 0 spiro atoms. The highest BCUT2D eigenvalue weighted by Gasteiger charge is 2.11. The van der Waals surface area contributed by atoms with E-state index in [9.17, 15) is 4.79 Å². The summed E-state index contributed by atoms with van der Waals surface area (Å²) in [7, 11) is 1.64. The maximum absolute atomic E-state index is 11.1. The molecular formula is C7H16N2O3. The molecule has 5 heteroatoms. The van der Waals surface area contributed by atoms with Gasteiger partial charge >= 0.3 is 6.03 Å². The Morgan fingerprint density at radius 1 is 1.50 bits per heavy atom. The van der Waals surface area contributed by atoms with Crippen LogP contribution in [-0.2, 0) is 0 Å². The lowest BCUT2D eigenvalue weighted by Gasteiger charge is -2.19. The summed E-state index contributed by atoms with van der Waals surface area (Å²) in [6, 6.07) is -0.850. The third-order valence-electron chi connectivity index (χ3n) is 1.59. The molecule has 0 aromatic rings. The van der Waals surface area contributed by atoms with Crippen molar-refractivity contribution in [2.75, 3.05) is 26.8 Å². The molecule has 0 aromatic carbocycles. The fraction of sp³-hybridized carbons (Fsp3) is 0.857. The number of aliphatic hydroxyl groups is 2. The van der Waals surface area contributed by atoms with Crippen molar-refractivity contribution in [1.82, 2.24) is 10.2 Å². The van der Waals surface area contributed by atoms with Crippen LogP contribution >= 0.6 is 0 Å². The Morgan fingerprint density at radius 3 is 2.33 bits per heavy atom. The second-order valence-corrected chi connectivity index (χ2v) is 2.53. The van der Waals surface area contributed by atoms with Gasteiger partial charge in [0.05, 0.1) is 19.3 Å². The van der Waals surface area contributed by atoms with E-state index >= 15 is 0 Å². The number of hydrogen-bond acceptors (Lipinski definition) is 3. The fourth-order valence-electron chi connectivity index (χ4n) is 0.577. The van der Waals surface area contributed by atoms with Crippen molar-refractivity contribution in [2.24, 2.45) is 0 Å². The van der Waals surface area contributed by atoms with Gasteiger partial charge in [-0.25, -0.2) is 4.79 Å². The van der Waals surface area contributed by atoms with Crippen LogP contribution in [0.25, 0.3) is 0 Å². The molecule has 0 bridgehead atoms. The van der Waals surface area contributed by atoms with Crippen LogP contribution in [0.15, 0.2) is 0 Å². The monoisotopic (exact) mass is 176 g/mol. The summed E-state index contributed by atoms with van der Waals surface area (Å²) in [5, 5.41) is 19.7. The molecule has 72 valence electrons. The first-order valence-electron chi connectivity index (χ1n) is 3.89. The third-order valence-corrected chi connectivity index (χ3v) is 1.59. The molecular weight excluding hydrogens is 160 g/mol. The van der Waals surface area contributed by atoms with Gasteiger partial charge in [-0.2, -0.15) is 0 Å². The zero-order valence-corrected chi connectivity index (χ0v) is 7.45. The Labute approximate surface area is 72.0 Å². The molecule has 2 amide bonds. The Bertz CT molecular complexity index is 137. The van der Waals surface area contributed by atoms with Gasteiger partial charge in [0, 0.05) is 13.6 Å². The van der Waals surface area contributed by atoms with Crippen molar-refractivity contribution in [3.8, 4) is 0 Å². The van der Waals surface area contributed by atoms with Gasteiger partial charge in [-0.15, -0.1) is 0 Å². The molecule has 12 heavy (non-hydrogen) atoms. The van der Waals surface area contributed by atoms with Crippen LogP contribution in [0.1, 0.15) is 6.92 Å². The van der Waals surface area contributed by atoms with Gasteiger partial charge in [-0.05, 0) is 6.92 Å². The molecule has 0 aliphatic heterocycles. The van der Waals surface area contributed by atoms with Crippen molar-refractivity contribution >= 4 is 6.03 Å². The van der Waals surface area contributed by atoms with Crippen molar-refractivity contribution < 1.29 is 15.0 Å². The zero-order chi connectivity index (χ0) is 9.56. The number of amides is 2. The summed E-state index contributed by atoms with van der Waals surface area (Å²) in [5.41, 5.74) is 0. The highest BCUT2D eigenvalue weighted by Crippen LogP contribution is 1.86. The molecule has 0 saturated carbocycles. The number of aliphatic hydroxyl groups excluding tert-OH is 2. The molecule has 0 saturated heterocycles. The van der Waals surface area contributed by atoms with Crippen LogP contribution in [0.3, 0.4) is 0 Å².